The van der Waals surface area contributed by atoms with Crippen molar-refractivity contribution in [3.05, 3.63) is 28.5 Å². The number of aromatic nitrogens is 1. The van der Waals surface area contributed by atoms with E-state index in [0.717, 1.165) is 24.1 Å². The first-order valence-electron chi connectivity index (χ1n) is 5.94. The molecule has 1 aliphatic heterocycles. The van der Waals surface area contributed by atoms with Crippen LogP contribution in [0.2, 0.25) is 0 Å². The van der Waals surface area contributed by atoms with E-state index in [2.05, 4.69) is 31.1 Å². The number of carbonyl (C=O) groups excluding carboxylic acids is 1. The van der Waals surface area contributed by atoms with E-state index >= 15 is 0 Å². The van der Waals surface area contributed by atoms with Gasteiger partial charge in [-0.05, 0) is 22.0 Å². The van der Waals surface area contributed by atoms with E-state index < -0.39 is 0 Å². The first-order chi connectivity index (χ1) is 8.75. The van der Waals surface area contributed by atoms with Gasteiger partial charge in [0.2, 0.25) is 0 Å². The topological polar surface area (TPSA) is 45.2 Å². The van der Waals surface area contributed by atoms with Crippen molar-refractivity contribution in [1.82, 2.24) is 15.2 Å². The molecule has 1 N–H and O–H groups in total. The summed E-state index contributed by atoms with van der Waals surface area (Å²) >= 11 is 5.30. The van der Waals surface area contributed by atoms with Crippen molar-refractivity contribution >= 4 is 33.6 Å². The van der Waals surface area contributed by atoms with Crippen LogP contribution in [-0.2, 0) is 0 Å². The molecule has 0 radical (unpaired) electrons. The molecular formula is C12H16BrN3OS. The Morgan fingerprint density at radius 1 is 1.44 bits per heavy atom. The third kappa shape index (κ3) is 4.26. The molecule has 6 heteroatoms. The molecule has 0 bridgehead atoms. The summed E-state index contributed by atoms with van der Waals surface area (Å²) in [5.41, 5.74) is 0.596. The molecule has 2 rings (SSSR count). The quantitative estimate of drug-likeness (QED) is 0.911. The van der Waals surface area contributed by atoms with Crippen molar-refractivity contribution < 1.29 is 4.79 Å². The van der Waals surface area contributed by atoms with E-state index in [0.29, 0.717) is 12.1 Å². The highest BCUT2D eigenvalue weighted by Crippen LogP contribution is 2.10. The fourth-order valence-corrected chi connectivity index (χ4v) is 3.13. The lowest BCUT2D eigenvalue weighted by Gasteiger charge is -2.25. The van der Waals surface area contributed by atoms with Gasteiger partial charge in [0, 0.05) is 54.6 Å². The van der Waals surface area contributed by atoms with Gasteiger partial charge in [0.25, 0.3) is 5.91 Å². The summed E-state index contributed by atoms with van der Waals surface area (Å²) in [6.45, 7) is 3.86. The maximum absolute atomic E-state index is 11.8. The highest BCUT2D eigenvalue weighted by atomic mass is 79.9. The third-order valence-electron chi connectivity index (χ3n) is 2.78. The van der Waals surface area contributed by atoms with Crippen molar-refractivity contribution in [2.45, 2.75) is 0 Å². The summed E-state index contributed by atoms with van der Waals surface area (Å²) in [7, 11) is 0. The van der Waals surface area contributed by atoms with Gasteiger partial charge in [-0.15, -0.1) is 0 Å². The Morgan fingerprint density at radius 3 is 2.94 bits per heavy atom. The predicted molar refractivity (Wildman–Crippen MR) is 78.0 cm³/mol. The van der Waals surface area contributed by atoms with Crippen molar-refractivity contribution in [1.29, 1.82) is 0 Å². The van der Waals surface area contributed by atoms with Gasteiger partial charge in [0.15, 0.2) is 0 Å². The molecule has 1 aromatic heterocycles. The predicted octanol–water partition coefficient (Wildman–Crippen LogP) is 1.62. The third-order valence-corrected chi connectivity index (χ3v) is 4.16. The van der Waals surface area contributed by atoms with Gasteiger partial charge < -0.3 is 5.32 Å². The average Bonchev–Trinajstić information content (AvgIpc) is 2.40. The number of nitrogens with zero attached hydrogens (tertiary/aromatic N) is 2. The summed E-state index contributed by atoms with van der Waals surface area (Å²) in [4.78, 5) is 18.2. The lowest BCUT2D eigenvalue weighted by atomic mass is 10.3. The summed E-state index contributed by atoms with van der Waals surface area (Å²) in [6, 6.07) is 1.78. The molecule has 98 valence electrons. The zero-order valence-electron chi connectivity index (χ0n) is 10.1. The summed E-state index contributed by atoms with van der Waals surface area (Å²) in [6.07, 6.45) is 3.25. The van der Waals surface area contributed by atoms with Crippen LogP contribution >= 0.6 is 27.7 Å². The van der Waals surface area contributed by atoms with Gasteiger partial charge in [-0.1, -0.05) is 0 Å². The summed E-state index contributed by atoms with van der Waals surface area (Å²) in [5.74, 6) is 2.34. The lowest BCUT2D eigenvalue weighted by molar-refractivity contribution is 0.0948. The molecule has 2 heterocycles. The molecule has 0 spiro atoms. The molecule has 0 aromatic carbocycles. The molecule has 1 saturated heterocycles. The van der Waals surface area contributed by atoms with Gasteiger partial charge in [-0.25, -0.2) is 0 Å². The van der Waals surface area contributed by atoms with E-state index in [1.807, 2.05) is 11.8 Å². The van der Waals surface area contributed by atoms with Crippen molar-refractivity contribution in [2.75, 3.05) is 37.7 Å². The average molecular weight is 330 g/mol. The Bertz CT molecular complexity index is 410. The minimum Gasteiger partial charge on any atom is -0.351 e. The number of hydrogen-bond donors (Lipinski definition) is 1. The number of thioether (sulfide) groups is 1. The van der Waals surface area contributed by atoms with Crippen molar-refractivity contribution in [3.8, 4) is 0 Å². The van der Waals surface area contributed by atoms with Crippen LogP contribution in [-0.4, -0.2) is 53.5 Å². The van der Waals surface area contributed by atoms with Crippen LogP contribution in [0.25, 0.3) is 0 Å². The number of carbonyl (C=O) groups is 1. The standard InChI is InChI=1S/C12H16BrN3OS/c13-11-7-10(8-14-9-11)12(17)15-1-2-16-3-5-18-6-4-16/h7-9H,1-6H2,(H,15,17). The normalized spacial score (nSPS) is 16.5. The SMILES string of the molecule is O=C(NCCN1CCSCC1)c1cncc(Br)c1. The number of nitrogens with one attached hydrogen (secondary N) is 1. The second-order valence-electron chi connectivity index (χ2n) is 4.10. The van der Waals surface area contributed by atoms with Crippen LogP contribution in [0.1, 0.15) is 10.4 Å². The molecule has 0 saturated carbocycles. The lowest BCUT2D eigenvalue weighted by Crippen LogP contribution is -2.39. The van der Waals surface area contributed by atoms with Crippen LogP contribution < -0.4 is 5.32 Å². The zero-order chi connectivity index (χ0) is 12.8. The molecule has 1 aromatic rings. The minimum absolute atomic E-state index is 0.0600. The number of hydrogen-bond acceptors (Lipinski definition) is 4. The van der Waals surface area contributed by atoms with E-state index in [9.17, 15) is 4.79 Å². The molecule has 1 amide bonds. The molecule has 1 fully saturated rings. The van der Waals surface area contributed by atoms with Crippen LogP contribution in [0.15, 0.2) is 22.9 Å². The molecule has 0 unspecified atom stereocenters. The summed E-state index contributed by atoms with van der Waals surface area (Å²) < 4.78 is 0.822. The highest BCUT2D eigenvalue weighted by molar-refractivity contribution is 9.10. The van der Waals surface area contributed by atoms with Crippen LogP contribution in [0.4, 0.5) is 0 Å². The molecule has 4 nitrogen and oxygen atoms in total. The van der Waals surface area contributed by atoms with E-state index in [-0.39, 0.29) is 5.91 Å². The molecular weight excluding hydrogens is 314 g/mol. The first-order valence-corrected chi connectivity index (χ1v) is 7.89. The monoisotopic (exact) mass is 329 g/mol. The van der Waals surface area contributed by atoms with Gasteiger partial charge in [-0.2, -0.15) is 11.8 Å². The van der Waals surface area contributed by atoms with E-state index in [1.165, 1.54) is 11.5 Å². The van der Waals surface area contributed by atoms with Gasteiger partial charge in [0.05, 0.1) is 5.56 Å². The zero-order valence-corrected chi connectivity index (χ0v) is 12.5. The maximum atomic E-state index is 11.8. The number of pyridine rings is 1. The second-order valence-corrected chi connectivity index (χ2v) is 6.24. The Kier molecular flexibility index (Phi) is 5.46. The summed E-state index contributed by atoms with van der Waals surface area (Å²) in [5, 5.41) is 2.93. The maximum Gasteiger partial charge on any atom is 0.252 e. The van der Waals surface area contributed by atoms with Crippen LogP contribution in [0, 0.1) is 0 Å². The Balaban J connectivity index is 1.74. The second kappa shape index (κ2) is 7.11. The molecule has 0 atom stereocenters. The van der Waals surface area contributed by atoms with Crippen LogP contribution in [0.5, 0.6) is 0 Å². The highest BCUT2D eigenvalue weighted by Gasteiger charge is 2.11. The number of amides is 1. The smallest absolute Gasteiger partial charge is 0.252 e. The largest absolute Gasteiger partial charge is 0.351 e. The molecule has 1 aliphatic rings. The number of rotatable bonds is 4. The fourth-order valence-electron chi connectivity index (χ4n) is 1.79. The minimum atomic E-state index is -0.0600. The Hall–Kier alpha value is -0.590. The first kappa shape index (κ1) is 13.8. The van der Waals surface area contributed by atoms with Crippen molar-refractivity contribution in [3.63, 3.8) is 0 Å². The van der Waals surface area contributed by atoms with E-state index in [4.69, 9.17) is 0 Å². The van der Waals surface area contributed by atoms with Crippen molar-refractivity contribution in [2.24, 2.45) is 0 Å². The fraction of sp³-hybridized carbons (Fsp3) is 0.500. The van der Waals surface area contributed by atoms with Gasteiger partial charge in [0.1, 0.15) is 0 Å². The number of halogens is 1. The Labute approximate surface area is 120 Å². The molecule has 0 aliphatic carbocycles. The van der Waals surface area contributed by atoms with E-state index in [1.54, 1.807) is 18.5 Å². The van der Waals surface area contributed by atoms with Gasteiger partial charge in [-0.3, -0.25) is 14.7 Å². The van der Waals surface area contributed by atoms with Crippen LogP contribution in [0.3, 0.4) is 0 Å². The van der Waals surface area contributed by atoms with Gasteiger partial charge >= 0.3 is 0 Å². The Morgan fingerprint density at radius 2 is 2.22 bits per heavy atom. The molecule has 18 heavy (non-hydrogen) atoms.